The van der Waals surface area contributed by atoms with Crippen molar-refractivity contribution >= 4 is 33.3 Å². The largest absolute Gasteiger partial charge is 0.451 e. The van der Waals surface area contributed by atoms with E-state index in [1.165, 1.54) is 6.07 Å². The van der Waals surface area contributed by atoms with Gasteiger partial charge in [0.05, 0.1) is 24.3 Å². The summed E-state index contributed by atoms with van der Waals surface area (Å²) in [5.41, 5.74) is 0.775. The number of nitrogens with one attached hydrogen (secondary N) is 2. The van der Waals surface area contributed by atoms with Crippen LogP contribution in [-0.4, -0.2) is 86.9 Å². The Balaban J connectivity index is 1.36. The number of halogens is 1. The third-order valence-electron chi connectivity index (χ3n) is 8.11. The number of aromatic nitrogens is 1. The van der Waals surface area contributed by atoms with Gasteiger partial charge in [-0.15, -0.1) is 0 Å². The maximum Gasteiger partial charge on any atom is 0.256 e. The molecule has 2 aliphatic heterocycles. The number of pyridine rings is 1. The average molecular weight is 588 g/mol. The second-order valence-corrected chi connectivity index (χ2v) is 11.5. The standard InChI is InChI=1S/C33H38FN5O4/c1-37(2)12-6-5-10-35-29-26(34)20-24-30-32(29)43-28-19-23-9-4-3-8-22(23)18-27(28)39(30)21-25(31(24)40)33(41)36-11-7-13-38-14-16-42-17-15-38/h3-4,8-9,18-21,35H,5-7,10-17H2,1-2H3,(H,36,41). The molecule has 1 aromatic heterocycles. The van der Waals surface area contributed by atoms with E-state index < -0.39 is 17.2 Å². The molecule has 9 nitrogen and oxygen atoms in total. The fraction of sp³-hybridized carbons (Fsp3) is 0.394. The van der Waals surface area contributed by atoms with Gasteiger partial charge >= 0.3 is 0 Å². The van der Waals surface area contributed by atoms with Crippen molar-refractivity contribution in [1.29, 1.82) is 0 Å². The number of ether oxygens (including phenoxy) is 2. The molecule has 2 N–H and O–H groups in total. The van der Waals surface area contributed by atoms with Gasteiger partial charge in [-0.1, -0.05) is 24.3 Å². The smallest absolute Gasteiger partial charge is 0.256 e. The molecule has 0 aliphatic carbocycles. The minimum atomic E-state index is -0.592. The van der Waals surface area contributed by atoms with Crippen molar-refractivity contribution in [3.63, 3.8) is 0 Å². The van der Waals surface area contributed by atoms with Gasteiger partial charge in [-0.2, -0.15) is 0 Å². The fourth-order valence-electron chi connectivity index (χ4n) is 5.82. The molecular weight excluding hydrogens is 549 g/mol. The van der Waals surface area contributed by atoms with Crippen LogP contribution < -0.4 is 20.8 Å². The van der Waals surface area contributed by atoms with Crippen LogP contribution in [0.15, 0.2) is 53.5 Å². The van der Waals surface area contributed by atoms with E-state index in [0.717, 1.165) is 69.4 Å². The molecule has 2 aliphatic rings. The fourth-order valence-corrected chi connectivity index (χ4v) is 5.82. The minimum Gasteiger partial charge on any atom is -0.451 e. The zero-order chi connectivity index (χ0) is 29.9. The van der Waals surface area contributed by atoms with Crippen molar-refractivity contribution in [1.82, 2.24) is 19.7 Å². The Morgan fingerprint density at radius 2 is 1.79 bits per heavy atom. The van der Waals surface area contributed by atoms with Crippen molar-refractivity contribution in [2.45, 2.75) is 19.3 Å². The zero-order valence-electron chi connectivity index (χ0n) is 24.7. The number of fused-ring (bicyclic) bond motifs is 3. The van der Waals surface area contributed by atoms with Crippen molar-refractivity contribution in [3.05, 3.63) is 70.3 Å². The van der Waals surface area contributed by atoms with E-state index >= 15 is 4.39 Å². The summed E-state index contributed by atoms with van der Waals surface area (Å²) in [5, 5.41) is 8.18. The Morgan fingerprint density at radius 1 is 1.02 bits per heavy atom. The summed E-state index contributed by atoms with van der Waals surface area (Å²) >= 11 is 0. The van der Waals surface area contributed by atoms with E-state index in [1.807, 2.05) is 50.5 Å². The normalized spacial score (nSPS) is 14.6. The van der Waals surface area contributed by atoms with Gasteiger partial charge in [0, 0.05) is 32.4 Å². The molecule has 0 spiro atoms. The lowest BCUT2D eigenvalue weighted by Gasteiger charge is -2.27. The van der Waals surface area contributed by atoms with Gasteiger partial charge in [-0.05, 0) is 75.4 Å². The Bertz CT molecular complexity index is 1710. The number of anilines is 1. The Hall–Kier alpha value is -3.99. The molecule has 0 unspecified atom stereocenters. The maximum atomic E-state index is 15.7. The van der Waals surface area contributed by atoms with Crippen LogP contribution >= 0.6 is 0 Å². The van der Waals surface area contributed by atoms with Crippen LogP contribution in [0.4, 0.5) is 10.1 Å². The third kappa shape index (κ3) is 6.08. The van der Waals surface area contributed by atoms with E-state index in [2.05, 4.69) is 20.4 Å². The number of benzene rings is 3. The number of rotatable bonds is 11. The Kier molecular flexibility index (Phi) is 8.60. The highest BCUT2D eigenvalue weighted by Gasteiger charge is 2.29. The molecule has 0 atom stereocenters. The second kappa shape index (κ2) is 12.7. The summed E-state index contributed by atoms with van der Waals surface area (Å²) < 4.78 is 29.3. The van der Waals surface area contributed by atoms with Crippen molar-refractivity contribution in [2.75, 3.05) is 71.9 Å². The predicted molar refractivity (Wildman–Crippen MR) is 168 cm³/mol. The number of carbonyl (C=O) groups is 1. The zero-order valence-corrected chi connectivity index (χ0v) is 24.7. The summed E-state index contributed by atoms with van der Waals surface area (Å²) in [6.45, 7) is 5.93. The molecule has 43 heavy (non-hydrogen) atoms. The van der Waals surface area contributed by atoms with E-state index in [4.69, 9.17) is 9.47 Å². The molecule has 1 saturated heterocycles. The monoisotopic (exact) mass is 587 g/mol. The lowest BCUT2D eigenvalue weighted by Crippen LogP contribution is -2.38. The van der Waals surface area contributed by atoms with Crippen LogP contribution in [0.25, 0.3) is 27.4 Å². The number of hydrogen-bond donors (Lipinski definition) is 2. The highest BCUT2D eigenvalue weighted by molar-refractivity contribution is 6.02. The van der Waals surface area contributed by atoms with Crippen LogP contribution in [0.1, 0.15) is 29.6 Å². The van der Waals surface area contributed by atoms with Crippen LogP contribution in [0.5, 0.6) is 11.5 Å². The van der Waals surface area contributed by atoms with Crippen LogP contribution in [0, 0.1) is 5.82 Å². The highest BCUT2D eigenvalue weighted by Crippen LogP contribution is 2.46. The van der Waals surface area contributed by atoms with Crippen LogP contribution in [0.3, 0.4) is 0 Å². The van der Waals surface area contributed by atoms with E-state index in [1.54, 1.807) is 10.8 Å². The van der Waals surface area contributed by atoms with E-state index in [-0.39, 0.29) is 22.4 Å². The molecule has 6 rings (SSSR count). The van der Waals surface area contributed by atoms with Gasteiger partial charge in [0.1, 0.15) is 16.8 Å². The van der Waals surface area contributed by atoms with Gasteiger partial charge in [0.25, 0.3) is 5.91 Å². The first kappa shape index (κ1) is 29.1. The molecule has 3 aromatic carbocycles. The van der Waals surface area contributed by atoms with Gasteiger partial charge in [-0.25, -0.2) is 4.39 Å². The van der Waals surface area contributed by atoms with Gasteiger partial charge in [0.2, 0.25) is 5.43 Å². The summed E-state index contributed by atoms with van der Waals surface area (Å²) in [7, 11) is 4.05. The summed E-state index contributed by atoms with van der Waals surface area (Å²) in [5.74, 6) is -0.295. The topological polar surface area (TPSA) is 88.1 Å². The van der Waals surface area contributed by atoms with Crippen LogP contribution in [-0.2, 0) is 4.74 Å². The predicted octanol–water partition coefficient (Wildman–Crippen LogP) is 4.59. The van der Waals surface area contributed by atoms with E-state index in [0.29, 0.717) is 30.0 Å². The number of carbonyl (C=O) groups excluding carboxylic acids is 1. The first-order valence-corrected chi connectivity index (χ1v) is 15.0. The highest BCUT2D eigenvalue weighted by atomic mass is 19.1. The minimum absolute atomic E-state index is 0.0328. The molecular formula is C33H38FN5O4. The molecule has 4 aromatic rings. The molecule has 1 amide bonds. The Morgan fingerprint density at radius 3 is 2.56 bits per heavy atom. The number of nitrogens with zero attached hydrogens (tertiary/aromatic N) is 3. The molecule has 10 heteroatoms. The first-order valence-electron chi connectivity index (χ1n) is 15.0. The molecule has 1 fully saturated rings. The van der Waals surface area contributed by atoms with Crippen molar-refractivity contribution < 1.29 is 18.7 Å². The van der Waals surface area contributed by atoms with E-state index in [9.17, 15) is 9.59 Å². The summed E-state index contributed by atoms with van der Waals surface area (Å²) in [4.78, 5) is 31.5. The quantitative estimate of drug-likeness (QED) is 0.219. The molecule has 0 radical (unpaired) electrons. The maximum absolute atomic E-state index is 15.7. The van der Waals surface area contributed by atoms with Gasteiger partial charge in [0.15, 0.2) is 17.3 Å². The lowest BCUT2D eigenvalue weighted by atomic mass is 10.0. The lowest BCUT2D eigenvalue weighted by molar-refractivity contribution is 0.0374. The molecule has 226 valence electrons. The number of morpholine rings is 1. The third-order valence-corrected chi connectivity index (χ3v) is 8.11. The molecule has 0 bridgehead atoms. The Labute approximate surface area is 250 Å². The van der Waals surface area contributed by atoms with Gasteiger partial charge < -0.3 is 29.6 Å². The first-order chi connectivity index (χ1) is 20.9. The summed E-state index contributed by atoms with van der Waals surface area (Å²) in [6.07, 6.45) is 4.11. The van der Waals surface area contributed by atoms with Crippen LogP contribution in [0.2, 0.25) is 0 Å². The number of unbranched alkanes of at least 4 members (excludes halogenated alkanes) is 1. The number of amides is 1. The summed E-state index contributed by atoms with van der Waals surface area (Å²) in [6, 6.07) is 13.0. The molecule has 0 saturated carbocycles. The van der Waals surface area contributed by atoms with Crippen molar-refractivity contribution in [2.24, 2.45) is 0 Å². The van der Waals surface area contributed by atoms with Crippen molar-refractivity contribution in [3.8, 4) is 17.2 Å². The number of hydrogen-bond acceptors (Lipinski definition) is 7. The molecule has 3 heterocycles. The average Bonchev–Trinajstić information content (AvgIpc) is 3.00. The second-order valence-electron chi connectivity index (χ2n) is 11.5. The van der Waals surface area contributed by atoms with Gasteiger partial charge in [-0.3, -0.25) is 14.5 Å². The SMILES string of the molecule is CN(C)CCCCNc1c(F)cc2c(=O)c(C(=O)NCCCN3CCOCC3)cn3c2c1Oc1cc2ccccc2cc1-3.